The Morgan fingerprint density at radius 2 is 1.81 bits per heavy atom. The van der Waals surface area contributed by atoms with E-state index >= 15 is 0 Å². The summed E-state index contributed by atoms with van der Waals surface area (Å²) < 4.78 is 5.57. The van der Waals surface area contributed by atoms with Crippen molar-refractivity contribution in [2.75, 3.05) is 25.5 Å². The smallest absolute Gasteiger partial charge is 0.223 e. The minimum atomic E-state index is -0.0786. The van der Waals surface area contributed by atoms with Gasteiger partial charge in [0, 0.05) is 46.8 Å². The van der Waals surface area contributed by atoms with Crippen molar-refractivity contribution >= 4 is 29.3 Å². The summed E-state index contributed by atoms with van der Waals surface area (Å²) in [4.78, 5) is 13.9. The number of benzene rings is 2. The van der Waals surface area contributed by atoms with Crippen molar-refractivity contribution < 1.29 is 9.53 Å². The first kappa shape index (κ1) is 20.2. The summed E-state index contributed by atoms with van der Waals surface area (Å²) in [7, 11) is 0. The molecule has 1 aliphatic heterocycles. The summed E-state index contributed by atoms with van der Waals surface area (Å²) in [5, 5.41) is 3.93. The summed E-state index contributed by atoms with van der Waals surface area (Å²) in [6.45, 7) is 4.07. The number of carbonyl (C=O) groups excluding carboxylic acids is 1. The van der Waals surface area contributed by atoms with Crippen LogP contribution >= 0.6 is 23.4 Å². The molecule has 0 saturated carbocycles. The molecule has 0 bridgehead atoms. The first-order valence-electron chi connectivity index (χ1n) is 9.38. The molecule has 1 unspecified atom stereocenters. The highest BCUT2D eigenvalue weighted by Gasteiger charge is 2.35. The molecule has 1 amide bonds. The van der Waals surface area contributed by atoms with Gasteiger partial charge in [0.15, 0.2) is 0 Å². The lowest BCUT2D eigenvalue weighted by atomic mass is 9.74. The van der Waals surface area contributed by atoms with Crippen molar-refractivity contribution in [1.29, 1.82) is 0 Å². The van der Waals surface area contributed by atoms with Gasteiger partial charge in [0.1, 0.15) is 0 Å². The molecule has 1 fully saturated rings. The Morgan fingerprint density at radius 1 is 1.15 bits per heavy atom. The van der Waals surface area contributed by atoms with Crippen molar-refractivity contribution in [3.63, 3.8) is 0 Å². The van der Waals surface area contributed by atoms with E-state index < -0.39 is 0 Å². The predicted molar refractivity (Wildman–Crippen MR) is 113 cm³/mol. The largest absolute Gasteiger partial charge is 0.381 e. The van der Waals surface area contributed by atoms with Gasteiger partial charge in [0.2, 0.25) is 5.91 Å². The summed E-state index contributed by atoms with van der Waals surface area (Å²) in [5.74, 6) is 0.836. The van der Waals surface area contributed by atoms with Gasteiger partial charge >= 0.3 is 0 Å². The number of hydrogen-bond acceptors (Lipinski definition) is 3. The SMILES string of the molecule is CC(CSc1ccccc1)C(=O)NCC1(c2ccc(Cl)cc2)CCOCC1. The Bertz CT molecular complexity index is 730. The normalized spacial score (nSPS) is 17.3. The van der Waals surface area contributed by atoms with Crippen molar-refractivity contribution in [3.05, 3.63) is 65.2 Å². The van der Waals surface area contributed by atoms with E-state index in [2.05, 4.69) is 29.6 Å². The van der Waals surface area contributed by atoms with Gasteiger partial charge in [-0.3, -0.25) is 4.79 Å². The standard InChI is InChI=1S/C22H26ClNO2S/c1-17(15-27-20-5-3-2-4-6-20)21(25)24-16-22(11-13-26-14-12-22)18-7-9-19(23)10-8-18/h2-10,17H,11-16H2,1H3,(H,24,25). The van der Waals surface area contributed by atoms with E-state index in [1.54, 1.807) is 11.8 Å². The highest BCUT2D eigenvalue weighted by Crippen LogP contribution is 2.35. The van der Waals surface area contributed by atoms with Gasteiger partial charge in [-0.2, -0.15) is 0 Å². The Labute approximate surface area is 170 Å². The third-order valence-electron chi connectivity index (χ3n) is 5.20. The number of amides is 1. The Balaban J connectivity index is 1.59. The topological polar surface area (TPSA) is 38.3 Å². The number of rotatable bonds is 7. The Morgan fingerprint density at radius 3 is 2.48 bits per heavy atom. The van der Waals surface area contributed by atoms with Crippen LogP contribution in [-0.2, 0) is 14.9 Å². The van der Waals surface area contributed by atoms with Crippen LogP contribution in [0.3, 0.4) is 0 Å². The molecule has 144 valence electrons. The third kappa shape index (κ3) is 5.50. The number of hydrogen-bond donors (Lipinski definition) is 1. The average Bonchev–Trinajstić information content (AvgIpc) is 2.72. The maximum atomic E-state index is 12.7. The first-order chi connectivity index (χ1) is 13.1. The van der Waals surface area contributed by atoms with E-state index in [4.69, 9.17) is 16.3 Å². The van der Waals surface area contributed by atoms with Gasteiger partial charge in [-0.1, -0.05) is 48.9 Å². The zero-order valence-electron chi connectivity index (χ0n) is 15.6. The molecule has 1 atom stereocenters. The molecule has 3 nitrogen and oxygen atoms in total. The van der Waals surface area contributed by atoms with Gasteiger partial charge in [0.05, 0.1) is 0 Å². The number of thioether (sulfide) groups is 1. The highest BCUT2D eigenvalue weighted by molar-refractivity contribution is 7.99. The van der Waals surface area contributed by atoms with Crippen LogP contribution < -0.4 is 5.32 Å². The van der Waals surface area contributed by atoms with Crippen molar-refractivity contribution in [2.45, 2.75) is 30.1 Å². The zero-order valence-corrected chi connectivity index (χ0v) is 17.2. The molecule has 3 rings (SSSR count). The molecule has 1 aliphatic rings. The molecular formula is C22H26ClNO2S. The van der Waals surface area contributed by atoms with Crippen molar-refractivity contribution in [1.82, 2.24) is 5.32 Å². The molecule has 1 N–H and O–H groups in total. The average molecular weight is 404 g/mol. The second-order valence-electron chi connectivity index (χ2n) is 7.14. The summed E-state index contributed by atoms with van der Waals surface area (Å²) in [5.41, 5.74) is 1.15. The second-order valence-corrected chi connectivity index (χ2v) is 8.67. The second kappa shape index (κ2) is 9.63. The molecule has 5 heteroatoms. The van der Waals surface area contributed by atoms with Crippen LogP contribution in [0.15, 0.2) is 59.5 Å². The van der Waals surface area contributed by atoms with Gasteiger partial charge in [-0.25, -0.2) is 0 Å². The van der Waals surface area contributed by atoms with Crippen LogP contribution in [0.4, 0.5) is 0 Å². The lowest BCUT2D eigenvalue weighted by Crippen LogP contribution is -2.46. The van der Waals surface area contributed by atoms with Crippen molar-refractivity contribution in [3.8, 4) is 0 Å². The summed E-state index contributed by atoms with van der Waals surface area (Å²) in [6.07, 6.45) is 1.81. The van der Waals surface area contributed by atoms with E-state index in [0.717, 1.165) is 36.8 Å². The van der Waals surface area contributed by atoms with E-state index in [1.807, 2.05) is 37.3 Å². The van der Waals surface area contributed by atoms with Gasteiger partial charge in [-0.05, 0) is 42.7 Å². The molecule has 2 aromatic carbocycles. The number of nitrogens with one attached hydrogen (secondary N) is 1. The lowest BCUT2D eigenvalue weighted by Gasteiger charge is -2.38. The molecule has 0 aliphatic carbocycles. The third-order valence-corrected chi connectivity index (χ3v) is 6.72. The molecule has 0 spiro atoms. The molecule has 1 heterocycles. The molecule has 0 aromatic heterocycles. The molecule has 1 saturated heterocycles. The van der Waals surface area contributed by atoms with Crippen LogP contribution in [0.1, 0.15) is 25.3 Å². The fraction of sp³-hybridized carbons (Fsp3) is 0.409. The maximum absolute atomic E-state index is 12.7. The summed E-state index contributed by atoms with van der Waals surface area (Å²) >= 11 is 7.77. The molecule has 27 heavy (non-hydrogen) atoms. The van der Waals surface area contributed by atoms with Crippen LogP contribution in [0.5, 0.6) is 0 Å². The van der Waals surface area contributed by atoms with E-state index in [-0.39, 0.29) is 17.2 Å². The van der Waals surface area contributed by atoms with Crippen LogP contribution in [-0.4, -0.2) is 31.4 Å². The minimum Gasteiger partial charge on any atom is -0.381 e. The number of ether oxygens (including phenoxy) is 1. The van der Waals surface area contributed by atoms with Gasteiger partial charge in [0.25, 0.3) is 0 Å². The monoisotopic (exact) mass is 403 g/mol. The Hall–Kier alpha value is -1.49. The fourth-order valence-corrected chi connectivity index (χ4v) is 4.45. The quantitative estimate of drug-likeness (QED) is 0.666. The minimum absolute atomic E-state index is 0.0442. The maximum Gasteiger partial charge on any atom is 0.223 e. The fourth-order valence-electron chi connectivity index (χ4n) is 3.38. The van der Waals surface area contributed by atoms with E-state index in [1.165, 1.54) is 10.5 Å². The van der Waals surface area contributed by atoms with Crippen LogP contribution in [0, 0.1) is 5.92 Å². The van der Waals surface area contributed by atoms with Gasteiger partial charge < -0.3 is 10.1 Å². The first-order valence-corrected chi connectivity index (χ1v) is 10.7. The molecule has 2 aromatic rings. The van der Waals surface area contributed by atoms with Crippen molar-refractivity contribution in [2.24, 2.45) is 5.92 Å². The molecule has 0 radical (unpaired) electrons. The van der Waals surface area contributed by atoms with Gasteiger partial charge in [-0.15, -0.1) is 11.8 Å². The van der Waals surface area contributed by atoms with E-state index in [9.17, 15) is 4.79 Å². The zero-order chi connectivity index (χ0) is 19.1. The molecular weight excluding hydrogens is 378 g/mol. The number of halogens is 1. The summed E-state index contributed by atoms with van der Waals surface area (Å²) in [6, 6.07) is 18.2. The van der Waals surface area contributed by atoms with Crippen LogP contribution in [0.25, 0.3) is 0 Å². The van der Waals surface area contributed by atoms with E-state index in [0.29, 0.717) is 6.54 Å². The Kier molecular flexibility index (Phi) is 7.22. The number of carbonyl (C=O) groups is 1. The van der Waals surface area contributed by atoms with Crippen LogP contribution in [0.2, 0.25) is 5.02 Å². The highest BCUT2D eigenvalue weighted by atomic mass is 35.5. The lowest BCUT2D eigenvalue weighted by molar-refractivity contribution is -0.124. The predicted octanol–water partition coefficient (Wildman–Crippen LogP) is 4.93.